The minimum absolute atomic E-state index is 0.337. The SMILES string of the molecule is CCN(C)CCNc1c(C)cccc1C(=O)O. The van der Waals surface area contributed by atoms with Crippen LogP contribution in [0.4, 0.5) is 5.69 Å². The third-order valence-corrected chi connectivity index (χ3v) is 2.84. The number of carboxylic acids is 1. The van der Waals surface area contributed by atoms with Gasteiger partial charge >= 0.3 is 5.97 Å². The zero-order chi connectivity index (χ0) is 12.8. The molecule has 1 rings (SSSR count). The molecule has 0 radical (unpaired) electrons. The van der Waals surface area contributed by atoms with E-state index in [1.54, 1.807) is 12.1 Å². The van der Waals surface area contributed by atoms with Gasteiger partial charge in [-0.1, -0.05) is 19.1 Å². The first kappa shape index (κ1) is 13.5. The predicted molar refractivity (Wildman–Crippen MR) is 69.8 cm³/mol. The van der Waals surface area contributed by atoms with E-state index in [0.29, 0.717) is 5.56 Å². The highest BCUT2D eigenvalue weighted by Crippen LogP contribution is 2.20. The number of benzene rings is 1. The molecule has 0 atom stereocenters. The fourth-order valence-electron chi connectivity index (χ4n) is 1.61. The van der Waals surface area contributed by atoms with Crippen LogP contribution in [-0.4, -0.2) is 42.7 Å². The highest BCUT2D eigenvalue weighted by atomic mass is 16.4. The van der Waals surface area contributed by atoms with Crippen molar-refractivity contribution in [3.63, 3.8) is 0 Å². The quantitative estimate of drug-likeness (QED) is 0.793. The fourth-order valence-corrected chi connectivity index (χ4v) is 1.61. The average Bonchev–Trinajstić information content (AvgIpc) is 2.30. The van der Waals surface area contributed by atoms with E-state index in [1.807, 2.05) is 20.0 Å². The summed E-state index contributed by atoms with van der Waals surface area (Å²) in [4.78, 5) is 13.2. The van der Waals surface area contributed by atoms with Crippen LogP contribution in [0.5, 0.6) is 0 Å². The lowest BCUT2D eigenvalue weighted by molar-refractivity contribution is 0.0698. The van der Waals surface area contributed by atoms with Crippen molar-refractivity contribution < 1.29 is 9.90 Å². The summed E-state index contributed by atoms with van der Waals surface area (Å²) in [5, 5.41) is 12.3. The first-order valence-electron chi connectivity index (χ1n) is 5.81. The minimum atomic E-state index is -0.889. The van der Waals surface area contributed by atoms with Gasteiger partial charge in [0, 0.05) is 13.1 Å². The van der Waals surface area contributed by atoms with E-state index in [1.165, 1.54) is 0 Å². The molecule has 2 N–H and O–H groups in total. The van der Waals surface area contributed by atoms with Crippen LogP contribution in [-0.2, 0) is 0 Å². The van der Waals surface area contributed by atoms with Crippen LogP contribution in [0, 0.1) is 6.92 Å². The number of hydrogen-bond donors (Lipinski definition) is 2. The van der Waals surface area contributed by atoms with Crippen molar-refractivity contribution in [2.24, 2.45) is 0 Å². The van der Waals surface area contributed by atoms with Crippen molar-refractivity contribution in [3.8, 4) is 0 Å². The van der Waals surface area contributed by atoms with Gasteiger partial charge < -0.3 is 15.3 Å². The smallest absolute Gasteiger partial charge is 0.337 e. The first-order valence-corrected chi connectivity index (χ1v) is 5.81. The Morgan fingerprint density at radius 3 is 2.76 bits per heavy atom. The van der Waals surface area contributed by atoms with Crippen LogP contribution < -0.4 is 5.32 Å². The maximum absolute atomic E-state index is 11.1. The highest BCUT2D eigenvalue weighted by molar-refractivity contribution is 5.95. The van der Waals surface area contributed by atoms with Crippen molar-refractivity contribution >= 4 is 11.7 Å². The maximum Gasteiger partial charge on any atom is 0.337 e. The van der Waals surface area contributed by atoms with Crippen molar-refractivity contribution in [2.45, 2.75) is 13.8 Å². The molecule has 0 aliphatic carbocycles. The van der Waals surface area contributed by atoms with E-state index in [-0.39, 0.29) is 0 Å². The van der Waals surface area contributed by atoms with Crippen molar-refractivity contribution in [1.29, 1.82) is 0 Å². The Bertz CT molecular complexity index is 391. The van der Waals surface area contributed by atoms with Crippen LogP contribution >= 0.6 is 0 Å². The van der Waals surface area contributed by atoms with Gasteiger partial charge in [0.05, 0.1) is 11.3 Å². The summed E-state index contributed by atoms with van der Waals surface area (Å²) >= 11 is 0. The molecule has 1 aromatic rings. The Morgan fingerprint density at radius 1 is 1.47 bits per heavy atom. The number of nitrogens with one attached hydrogen (secondary N) is 1. The number of rotatable bonds is 6. The number of nitrogens with zero attached hydrogens (tertiary/aromatic N) is 1. The van der Waals surface area contributed by atoms with Crippen LogP contribution in [0.25, 0.3) is 0 Å². The average molecular weight is 236 g/mol. The largest absolute Gasteiger partial charge is 0.478 e. The molecule has 4 heteroatoms. The predicted octanol–water partition coefficient (Wildman–Crippen LogP) is 2.06. The van der Waals surface area contributed by atoms with E-state index in [9.17, 15) is 4.79 Å². The van der Waals surface area contributed by atoms with Crippen molar-refractivity contribution in [1.82, 2.24) is 4.90 Å². The number of aromatic carboxylic acids is 1. The van der Waals surface area contributed by atoms with Crippen LogP contribution in [0.1, 0.15) is 22.8 Å². The zero-order valence-electron chi connectivity index (χ0n) is 10.7. The lowest BCUT2D eigenvalue weighted by Crippen LogP contribution is -2.25. The van der Waals surface area contributed by atoms with Crippen LogP contribution in [0.2, 0.25) is 0 Å². The normalized spacial score (nSPS) is 10.6. The van der Waals surface area contributed by atoms with Crippen molar-refractivity contribution in [2.75, 3.05) is 32.0 Å². The van der Waals surface area contributed by atoms with Crippen LogP contribution in [0.3, 0.4) is 0 Å². The Kier molecular flexibility index (Phi) is 4.97. The molecule has 0 spiro atoms. The summed E-state index contributed by atoms with van der Waals surface area (Å²) in [6.45, 7) is 6.63. The number of aryl methyl sites for hydroxylation is 1. The lowest BCUT2D eigenvalue weighted by atomic mass is 10.1. The first-order chi connectivity index (χ1) is 8.06. The van der Waals surface area contributed by atoms with Crippen molar-refractivity contribution in [3.05, 3.63) is 29.3 Å². The Labute approximate surface area is 102 Å². The second-order valence-electron chi connectivity index (χ2n) is 4.13. The summed E-state index contributed by atoms with van der Waals surface area (Å²) < 4.78 is 0. The van der Waals surface area contributed by atoms with E-state index in [2.05, 4.69) is 17.1 Å². The molecule has 0 saturated carbocycles. The molecule has 94 valence electrons. The monoisotopic (exact) mass is 236 g/mol. The molecule has 0 saturated heterocycles. The molecule has 0 bridgehead atoms. The summed E-state index contributed by atoms with van der Waals surface area (Å²) in [6, 6.07) is 5.31. The van der Waals surface area contributed by atoms with E-state index < -0.39 is 5.97 Å². The molecule has 17 heavy (non-hydrogen) atoms. The standard InChI is InChI=1S/C13H20N2O2/c1-4-15(3)9-8-14-12-10(2)6-5-7-11(12)13(16)17/h5-7,14H,4,8-9H2,1-3H3,(H,16,17). The van der Waals surface area contributed by atoms with Gasteiger partial charge in [0.1, 0.15) is 0 Å². The molecule has 0 fully saturated rings. The number of hydrogen-bond acceptors (Lipinski definition) is 3. The van der Waals surface area contributed by atoms with E-state index >= 15 is 0 Å². The Balaban J connectivity index is 2.72. The third kappa shape index (κ3) is 3.75. The Hall–Kier alpha value is -1.55. The molecule has 0 aromatic heterocycles. The van der Waals surface area contributed by atoms with Gasteiger partial charge in [-0.2, -0.15) is 0 Å². The minimum Gasteiger partial charge on any atom is -0.478 e. The van der Waals surface area contributed by atoms with E-state index in [4.69, 9.17) is 5.11 Å². The van der Waals surface area contributed by atoms with Gasteiger partial charge in [-0.25, -0.2) is 4.79 Å². The second-order valence-corrected chi connectivity index (χ2v) is 4.13. The zero-order valence-corrected chi connectivity index (χ0v) is 10.7. The summed E-state index contributed by atoms with van der Waals surface area (Å²) in [5.74, 6) is -0.889. The molecule has 0 aliphatic rings. The molecule has 4 nitrogen and oxygen atoms in total. The molecule has 0 unspecified atom stereocenters. The third-order valence-electron chi connectivity index (χ3n) is 2.84. The van der Waals surface area contributed by atoms with Gasteiger partial charge in [0.15, 0.2) is 0 Å². The lowest BCUT2D eigenvalue weighted by Gasteiger charge is -2.17. The number of anilines is 1. The number of carboxylic acid groups (broad SMARTS) is 1. The van der Waals surface area contributed by atoms with Gasteiger partial charge in [-0.15, -0.1) is 0 Å². The fraction of sp³-hybridized carbons (Fsp3) is 0.462. The van der Waals surface area contributed by atoms with Gasteiger partial charge in [0.2, 0.25) is 0 Å². The molecule has 0 heterocycles. The molecule has 0 aliphatic heterocycles. The molecule has 0 amide bonds. The number of carbonyl (C=O) groups is 1. The highest BCUT2D eigenvalue weighted by Gasteiger charge is 2.11. The number of para-hydroxylation sites is 1. The molecule has 1 aromatic carbocycles. The molecular formula is C13H20N2O2. The Morgan fingerprint density at radius 2 is 2.18 bits per heavy atom. The summed E-state index contributed by atoms with van der Waals surface area (Å²) in [7, 11) is 2.04. The summed E-state index contributed by atoms with van der Waals surface area (Å²) in [6.07, 6.45) is 0. The summed E-state index contributed by atoms with van der Waals surface area (Å²) in [5.41, 5.74) is 2.03. The van der Waals surface area contributed by atoms with E-state index in [0.717, 1.165) is 30.9 Å². The van der Waals surface area contributed by atoms with Gasteiger partial charge in [-0.05, 0) is 32.1 Å². The number of likely N-dealkylation sites (N-methyl/N-ethyl adjacent to an activating group) is 1. The topological polar surface area (TPSA) is 52.6 Å². The van der Waals surface area contributed by atoms with Gasteiger partial charge in [0.25, 0.3) is 0 Å². The van der Waals surface area contributed by atoms with Gasteiger partial charge in [-0.3, -0.25) is 0 Å². The molecular weight excluding hydrogens is 216 g/mol. The maximum atomic E-state index is 11.1. The second kappa shape index (κ2) is 6.25. The van der Waals surface area contributed by atoms with Crippen LogP contribution in [0.15, 0.2) is 18.2 Å².